The van der Waals surface area contributed by atoms with Crippen LogP contribution in [0.4, 0.5) is 5.82 Å². The second-order valence-electron chi connectivity index (χ2n) is 5.93. The number of nitrogens with zero attached hydrogens (tertiary/aromatic N) is 2. The van der Waals surface area contributed by atoms with E-state index in [-0.39, 0.29) is 0 Å². The van der Waals surface area contributed by atoms with Crippen molar-refractivity contribution in [1.82, 2.24) is 10.3 Å². The Bertz CT molecular complexity index is 391. The Morgan fingerprint density at radius 2 is 1.95 bits per heavy atom. The van der Waals surface area contributed by atoms with Crippen LogP contribution in [0.15, 0.2) is 12.3 Å². The first-order valence-electron chi connectivity index (χ1n) is 6.96. The molecule has 0 aliphatic heterocycles. The molecule has 1 heterocycles. The summed E-state index contributed by atoms with van der Waals surface area (Å²) in [6.45, 7) is 11.6. The second kappa shape index (κ2) is 7.71. The Morgan fingerprint density at radius 3 is 2.53 bits per heavy atom. The number of anilines is 1. The van der Waals surface area contributed by atoms with Crippen LogP contribution in [0, 0.1) is 11.8 Å². The third-order valence-electron chi connectivity index (χ3n) is 2.82. The summed E-state index contributed by atoms with van der Waals surface area (Å²) in [6, 6.07) is 2.08. The van der Waals surface area contributed by atoms with Crippen molar-refractivity contribution in [3.63, 3.8) is 0 Å². The first-order chi connectivity index (χ1) is 8.90. The van der Waals surface area contributed by atoms with Crippen LogP contribution in [0.1, 0.15) is 33.3 Å². The van der Waals surface area contributed by atoms with Crippen LogP contribution in [-0.4, -0.2) is 25.1 Å². The van der Waals surface area contributed by atoms with E-state index in [4.69, 9.17) is 11.6 Å². The minimum atomic E-state index is 0.616. The molecular formula is C15H26ClN3. The zero-order valence-electron chi connectivity index (χ0n) is 12.7. The maximum absolute atomic E-state index is 6.20. The highest BCUT2D eigenvalue weighted by Gasteiger charge is 2.08. The molecule has 19 heavy (non-hydrogen) atoms. The number of pyridine rings is 1. The van der Waals surface area contributed by atoms with E-state index in [1.165, 1.54) is 0 Å². The molecule has 0 saturated carbocycles. The molecule has 0 radical (unpaired) electrons. The highest BCUT2D eigenvalue weighted by molar-refractivity contribution is 6.31. The maximum Gasteiger partial charge on any atom is 0.128 e. The zero-order valence-corrected chi connectivity index (χ0v) is 13.5. The van der Waals surface area contributed by atoms with E-state index in [0.717, 1.165) is 36.0 Å². The predicted octanol–water partition coefficient (Wildman–Crippen LogP) is 3.57. The standard InChI is InChI=1S/C15H26ClN3/c1-11(2)7-17-8-13-6-15(18-9-14(13)16)19(5)10-12(3)4/h6,9,11-12,17H,7-8,10H2,1-5H3. The molecule has 1 aromatic rings. The lowest BCUT2D eigenvalue weighted by Gasteiger charge is -2.21. The first-order valence-corrected chi connectivity index (χ1v) is 7.34. The molecule has 0 spiro atoms. The van der Waals surface area contributed by atoms with E-state index in [1.54, 1.807) is 6.20 Å². The fraction of sp³-hybridized carbons (Fsp3) is 0.667. The van der Waals surface area contributed by atoms with Gasteiger partial charge in [-0.15, -0.1) is 0 Å². The van der Waals surface area contributed by atoms with Crippen LogP contribution >= 0.6 is 11.6 Å². The van der Waals surface area contributed by atoms with Gasteiger partial charge >= 0.3 is 0 Å². The topological polar surface area (TPSA) is 28.2 Å². The molecule has 0 atom stereocenters. The Labute approximate surface area is 122 Å². The first kappa shape index (κ1) is 16.3. The molecule has 0 fully saturated rings. The van der Waals surface area contributed by atoms with Gasteiger partial charge in [0, 0.05) is 26.3 Å². The Morgan fingerprint density at radius 1 is 1.26 bits per heavy atom. The summed E-state index contributed by atoms with van der Waals surface area (Å²) in [6.07, 6.45) is 1.75. The predicted molar refractivity (Wildman–Crippen MR) is 83.9 cm³/mol. The highest BCUT2D eigenvalue weighted by atomic mass is 35.5. The fourth-order valence-corrected chi connectivity index (χ4v) is 2.12. The summed E-state index contributed by atoms with van der Waals surface area (Å²) in [4.78, 5) is 6.57. The van der Waals surface area contributed by atoms with Gasteiger partial charge in [0.15, 0.2) is 0 Å². The number of halogens is 1. The van der Waals surface area contributed by atoms with E-state index < -0.39 is 0 Å². The average molecular weight is 284 g/mol. The molecule has 0 bridgehead atoms. The van der Waals surface area contributed by atoms with Crippen LogP contribution in [-0.2, 0) is 6.54 Å². The lowest BCUT2D eigenvalue weighted by atomic mass is 10.2. The summed E-state index contributed by atoms with van der Waals surface area (Å²) in [5, 5.41) is 4.15. The number of rotatable bonds is 7. The summed E-state index contributed by atoms with van der Waals surface area (Å²) in [5.74, 6) is 2.24. The van der Waals surface area contributed by atoms with E-state index in [1.807, 2.05) is 0 Å². The molecule has 0 amide bonds. The highest BCUT2D eigenvalue weighted by Crippen LogP contribution is 2.20. The van der Waals surface area contributed by atoms with Gasteiger partial charge < -0.3 is 10.2 Å². The summed E-state index contributed by atoms with van der Waals surface area (Å²) in [7, 11) is 2.07. The van der Waals surface area contributed by atoms with Gasteiger partial charge in [-0.1, -0.05) is 39.3 Å². The SMILES string of the molecule is CC(C)CNCc1cc(N(C)CC(C)C)ncc1Cl. The molecule has 4 heteroatoms. The maximum atomic E-state index is 6.20. The smallest absolute Gasteiger partial charge is 0.128 e. The van der Waals surface area contributed by atoms with E-state index >= 15 is 0 Å². The van der Waals surface area contributed by atoms with Gasteiger partial charge in [0.25, 0.3) is 0 Å². The number of hydrogen-bond donors (Lipinski definition) is 1. The van der Waals surface area contributed by atoms with Crippen molar-refractivity contribution < 1.29 is 0 Å². The van der Waals surface area contributed by atoms with Gasteiger partial charge in [0.1, 0.15) is 5.82 Å². The van der Waals surface area contributed by atoms with E-state index in [2.05, 4.69) is 56.0 Å². The van der Waals surface area contributed by atoms with Gasteiger partial charge in [-0.25, -0.2) is 4.98 Å². The summed E-state index contributed by atoms with van der Waals surface area (Å²) in [5.41, 5.74) is 1.11. The van der Waals surface area contributed by atoms with Gasteiger partial charge in [0.2, 0.25) is 0 Å². The molecule has 1 aromatic heterocycles. The molecule has 0 aliphatic rings. The van der Waals surface area contributed by atoms with E-state index in [9.17, 15) is 0 Å². The number of hydrogen-bond acceptors (Lipinski definition) is 3. The normalized spacial score (nSPS) is 11.4. The molecule has 0 unspecified atom stereocenters. The third-order valence-corrected chi connectivity index (χ3v) is 3.16. The van der Waals surface area contributed by atoms with Crippen molar-refractivity contribution in [2.45, 2.75) is 34.2 Å². The molecule has 108 valence electrons. The fourth-order valence-electron chi connectivity index (χ4n) is 1.95. The van der Waals surface area contributed by atoms with Crippen molar-refractivity contribution in [2.75, 3.05) is 25.0 Å². The largest absolute Gasteiger partial charge is 0.359 e. The molecule has 1 N–H and O–H groups in total. The van der Waals surface area contributed by atoms with Gasteiger partial charge in [-0.05, 0) is 30.0 Å². The molecule has 0 aliphatic carbocycles. The van der Waals surface area contributed by atoms with Gasteiger partial charge in [-0.2, -0.15) is 0 Å². The van der Waals surface area contributed by atoms with Crippen molar-refractivity contribution in [1.29, 1.82) is 0 Å². The molecule has 3 nitrogen and oxygen atoms in total. The van der Waals surface area contributed by atoms with Gasteiger partial charge in [-0.3, -0.25) is 0 Å². The second-order valence-corrected chi connectivity index (χ2v) is 6.34. The number of aromatic nitrogens is 1. The monoisotopic (exact) mass is 283 g/mol. The summed E-state index contributed by atoms with van der Waals surface area (Å²) < 4.78 is 0. The quantitative estimate of drug-likeness (QED) is 0.829. The average Bonchev–Trinajstić information content (AvgIpc) is 2.30. The minimum absolute atomic E-state index is 0.616. The number of nitrogens with one attached hydrogen (secondary N) is 1. The van der Waals surface area contributed by atoms with Crippen LogP contribution in [0.5, 0.6) is 0 Å². The molecule has 0 saturated heterocycles. The van der Waals surface area contributed by atoms with E-state index in [0.29, 0.717) is 11.8 Å². The van der Waals surface area contributed by atoms with Crippen LogP contribution in [0.3, 0.4) is 0 Å². The minimum Gasteiger partial charge on any atom is -0.359 e. The molecule has 1 rings (SSSR count). The van der Waals surface area contributed by atoms with Crippen molar-refractivity contribution in [3.8, 4) is 0 Å². The van der Waals surface area contributed by atoms with Crippen molar-refractivity contribution >= 4 is 17.4 Å². The molecule has 0 aromatic carbocycles. The summed E-state index contributed by atoms with van der Waals surface area (Å²) >= 11 is 6.20. The van der Waals surface area contributed by atoms with Crippen LogP contribution < -0.4 is 10.2 Å². The zero-order chi connectivity index (χ0) is 14.4. The lowest BCUT2D eigenvalue weighted by molar-refractivity contribution is 0.552. The van der Waals surface area contributed by atoms with Crippen LogP contribution in [0.2, 0.25) is 5.02 Å². The van der Waals surface area contributed by atoms with Gasteiger partial charge in [0.05, 0.1) is 5.02 Å². The Kier molecular flexibility index (Phi) is 6.59. The molecular weight excluding hydrogens is 258 g/mol. The Balaban J connectivity index is 2.70. The lowest BCUT2D eigenvalue weighted by Crippen LogP contribution is -2.24. The van der Waals surface area contributed by atoms with Crippen molar-refractivity contribution in [2.24, 2.45) is 11.8 Å². The third kappa shape index (κ3) is 5.79. The van der Waals surface area contributed by atoms with Crippen molar-refractivity contribution in [3.05, 3.63) is 22.8 Å². The van der Waals surface area contributed by atoms with Crippen LogP contribution in [0.25, 0.3) is 0 Å². The Hall–Kier alpha value is -0.800.